The molecule has 0 aliphatic carbocycles. The number of methoxy groups -OCH3 is 1. The van der Waals surface area contributed by atoms with Gasteiger partial charge in [0.25, 0.3) is 0 Å². The van der Waals surface area contributed by atoms with Crippen LogP contribution in [-0.2, 0) is 18.2 Å². The third kappa shape index (κ3) is 2.67. The fourth-order valence-corrected chi connectivity index (χ4v) is 2.92. The minimum absolute atomic E-state index is 0.313. The topological polar surface area (TPSA) is 66.2 Å². The van der Waals surface area contributed by atoms with Gasteiger partial charge in [-0.25, -0.2) is 9.78 Å². The minimum atomic E-state index is -0.440. The maximum absolute atomic E-state index is 12.2. The van der Waals surface area contributed by atoms with Crippen LogP contribution < -0.4 is 4.74 Å². The average molecular weight is 317 g/mol. The summed E-state index contributed by atoms with van der Waals surface area (Å²) in [5.74, 6) is 0.00367. The van der Waals surface area contributed by atoms with Gasteiger partial charge in [0, 0.05) is 19.7 Å². The van der Waals surface area contributed by atoms with Crippen LogP contribution in [0.3, 0.4) is 0 Å². The molecule has 0 amide bonds. The van der Waals surface area contributed by atoms with Crippen LogP contribution in [0.25, 0.3) is 11.0 Å². The molecule has 0 aliphatic heterocycles. The Morgan fingerprint density at radius 1 is 1.41 bits per heavy atom. The zero-order valence-corrected chi connectivity index (χ0v) is 13.1. The summed E-state index contributed by atoms with van der Waals surface area (Å²) in [4.78, 5) is 16.5. The number of carbonyl (C=O) groups excluding carboxylic acids is 1. The van der Waals surface area contributed by atoms with E-state index in [4.69, 9.17) is 9.47 Å². The van der Waals surface area contributed by atoms with Gasteiger partial charge in [0.05, 0.1) is 25.3 Å². The lowest BCUT2D eigenvalue weighted by atomic mass is 10.2. The molecule has 0 spiro atoms. The van der Waals surface area contributed by atoms with Crippen LogP contribution in [0.4, 0.5) is 0 Å². The number of aryl methyl sites for hydroxylation is 1. The lowest BCUT2D eigenvalue weighted by molar-refractivity contribution is 0.0505. The van der Waals surface area contributed by atoms with E-state index in [-0.39, 0.29) is 0 Å². The van der Waals surface area contributed by atoms with Gasteiger partial charge in [-0.3, -0.25) is 4.68 Å². The van der Waals surface area contributed by atoms with E-state index in [0.717, 1.165) is 5.56 Å². The van der Waals surface area contributed by atoms with Crippen molar-refractivity contribution in [3.63, 3.8) is 0 Å². The fraction of sp³-hybridized carbons (Fsp3) is 0.267. The molecular formula is C15H15N3O3S. The van der Waals surface area contributed by atoms with Crippen LogP contribution in [-0.4, -0.2) is 34.5 Å². The summed E-state index contributed by atoms with van der Waals surface area (Å²) in [5.41, 5.74) is 2.13. The molecule has 6 nitrogen and oxygen atoms in total. The number of rotatable bonds is 5. The van der Waals surface area contributed by atoms with Gasteiger partial charge >= 0.3 is 5.97 Å². The van der Waals surface area contributed by atoms with Gasteiger partial charge in [-0.1, -0.05) is 0 Å². The molecule has 3 rings (SSSR count). The molecule has 0 atom stereocenters. The van der Waals surface area contributed by atoms with Crippen LogP contribution in [0.15, 0.2) is 29.2 Å². The Hall–Kier alpha value is -2.41. The van der Waals surface area contributed by atoms with E-state index in [1.807, 2.05) is 16.8 Å². The largest absolute Gasteiger partial charge is 0.495 e. The first-order valence-electron chi connectivity index (χ1n) is 6.73. The van der Waals surface area contributed by atoms with Crippen molar-refractivity contribution in [2.45, 2.75) is 6.42 Å². The predicted octanol–water partition coefficient (Wildman–Crippen LogP) is 2.44. The van der Waals surface area contributed by atoms with Crippen molar-refractivity contribution in [1.82, 2.24) is 14.8 Å². The van der Waals surface area contributed by atoms with Crippen LogP contribution in [0.1, 0.15) is 15.9 Å². The molecule has 114 valence electrons. The number of hydrogen-bond donors (Lipinski definition) is 0. The van der Waals surface area contributed by atoms with Gasteiger partial charge in [-0.15, -0.1) is 0 Å². The lowest BCUT2D eigenvalue weighted by Crippen LogP contribution is -2.10. The summed E-state index contributed by atoms with van der Waals surface area (Å²) in [6.07, 6.45) is 3.79. The number of ether oxygens (including phenoxy) is 2. The lowest BCUT2D eigenvalue weighted by Gasteiger charge is -2.09. The zero-order chi connectivity index (χ0) is 15.5. The molecule has 0 bridgehead atoms. The van der Waals surface area contributed by atoms with Crippen LogP contribution in [0, 0.1) is 0 Å². The summed E-state index contributed by atoms with van der Waals surface area (Å²) in [6.45, 7) is 0.323. The first-order valence-corrected chi connectivity index (χ1v) is 7.68. The molecule has 0 radical (unpaired) electrons. The molecule has 0 N–H and O–H groups in total. The van der Waals surface area contributed by atoms with Crippen molar-refractivity contribution in [2.24, 2.45) is 7.05 Å². The Kier molecular flexibility index (Phi) is 4.06. The number of fused-ring (bicyclic) bond motifs is 1. The van der Waals surface area contributed by atoms with Crippen LogP contribution >= 0.6 is 11.3 Å². The summed E-state index contributed by atoms with van der Waals surface area (Å²) in [7, 11) is 3.30. The van der Waals surface area contributed by atoms with E-state index in [1.165, 1.54) is 13.3 Å². The van der Waals surface area contributed by atoms with Crippen LogP contribution in [0.2, 0.25) is 0 Å². The number of aromatic nitrogens is 3. The Bertz CT molecular complexity index is 796. The van der Waals surface area contributed by atoms with Crippen molar-refractivity contribution in [2.75, 3.05) is 13.7 Å². The molecule has 3 aromatic rings. The highest BCUT2D eigenvalue weighted by molar-refractivity contribution is 7.07. The normalized spacial score (nSPS) is 10.8. The van der Waals surface area contributed by atoms with E-state index in [1.54, 1.807) is 29.3 Å². The van der Waals surface area contributed by atoms with Gasteiger partial charge in [-0.2, -0.15) is 16.4 Å². The van der Waals surface area contributed by atoms with Gasteiger partial charge < -0.3 is 9.47 Å². The second-order valence-corrected chi connectivity index (χ2v) is 5.51. The van der Waals surface area contributed by atoms with Crippen molar-refractivity contribution in [3.05, 3.63) is 40.3 Å². The quantitative estimate of drug-likeness (QED) is 0.676. The van der Waals surface area contributed by atoms with E-state index in [2.05, 4.69) is 10.1 Å². The number of esters is 1. The monoisotopic (exact) mass is 317 g/mol. The molecule has 0 fully saturated rings. The van der Waals surface area contributed by atoms with E-state index < -0.39 is 5.97 Å². The summed E-state index contributed by atoms with van der Waals surface area (Å²) < 4.78 is 12.3. The highest BCUT2D eigenvalue weighted by Gasteiger charge is 2.19. The van der Waals surface area contributed by atoms with Crippen molar-refractivity contribution < 1.29 is 14.3 Å². The second-order valence-electron chi connectivity index (χ2n) is 4.73. The Morgan fingerprint density at radius 2 is 2.27 bits per heavy atom. The molecule has 3 heterocycles. The maximum Gasteiger partial charge on any atom is 0.343 e. The van der Waals surface area contributed by atoms with Crippen molar-refractivity contribution in [1.29, 1.82) is 0 Å². The summed E-state index contributed by atoms with van der Waals surface area (Å²) in [6, 6.07) is 2.02. The molecule has 0 aromatic carbocycles. The number of thiophene rings is 1. The second kappa shape index (κ2) is 6.15. The third-order valence-electron chi connectivity index (χ3n) is 3.34. The molecule has 3 aromatic heterocycles. The molecule has 7 heteroatoms. The van der Waals surface area contributed by atoms with Gasteiger partial charge in [0.1, 0.15) is 11.3 Å². The van der Waals surface area contributed by atoms with Crippen molar-refractivity contribution >= 4 is 28.3 Å². The first kappa shape index (κ1) is 14.5. The Balaban J connectivity index is 1.78. The third-order valence-corrected chi connectivity index (χ3v) is 4.07. The molecule has 0 aliphatic rings. The molecule has 22 heavy (non-hydrogen) atoms. The SMILES string of the molecule is COc1c(C(=O)OCCc2ccsc2)cnc2c1cnn2C. The van der Waals surface area contributed by atoms with E-state index in [9.17, 15) is 4.79 Å². The van der Waals surface area contributed by atoms with E-state index in [0.29, 0.717) is 35.4 Å². The minimum Gasteiger partial charge on any atom is -0.495 e. The molecule has 0 unspecified atom stereocenters. The fourth-order valence-electron chi connectivity index (χ4n) is 2.21. The van der Waals surface area contributed by atoms with Crippen molar-refractivity contribution in [3.8, 4) is 5.75 Å². The smallest absolute Gasteiger partial charge is 0.343 e. The highest BCUT2D eigenvalue weighted by Crippen LogP contribution is 2.28. The van der Waals surface area contributed by atoms with Gasteiger partial charge in [-0.05, 0) is 22.4 Å². The zero-order valence-electron chi connectivity index (χ0n) is 12.3. The number of pyridine rings is 1. The molecule has 0 saturated heterocycles. The standard InChI is InChI=1S/C15H15N3O3S/c1-18-14-11(8-17-18)13(20-2)12(7-16-14)15(19)21-5-3-10-4-6-22-9-10/h4,6-9H,3,5H2,1-2H3. The maximum atomic E-state index is 12.2. The summed E-state index contributed by atoms with van der Waals surface area (Å²) in [5, 5.41) is 8.86. The summed E-state index contributed by atoms with van der Waals surface area (Å²) >= 11 is 1.62. The predicted molar refractivity (Wildman–Crippen MR) is 83.4 cm³/mol. The van der Waals surface area contributed by atoms with Gasteiger partial charge in [0.2, 0.25) is 0 Å². The Morgan fingerprint density at radius 3 is 3.00 bits per heavy atom. The number of nitrogens with zero attached hydrogens (tertiary/aromatic N) is 3. The molecular weight excluding hydrogens is 302 g/mol. The Labute approximate surface area is 131 Å². The molecule has 0 saturated carbocycles. The van der Waals surface area contributed by atoms with Gasteiger partial charge in [0.15, 0.2) is 5.65 Å². The highest BCUT2D eigenvalue weighted by atomic mass is 32.1. The number of carbonyl (C=O) groups is 1. The van der Waals surface area contributed by atoms with E-state index >= 15 is 0 Å². The number of hydrogen-bond acceptors (Lipinski definition) is 6. The average Bonchev–Trinajstić information content (AvgIpc) is 3.16. The first-order chi connectivity index (χ1) is 10.7. The van der Waals surface area contributed by atoms with Crippen LogP contribution in [0.5, 0.6) is 5.75 Å².